The summed E-state index contributed by atoms with van der Waals surface area (Å²) >= 11 is 0. The zero-order valence-electron chi connectivity index (χ0n) is 16.0. The van der Waals surface area contributed by atoms with Gasteiger partial charge in [-0.05, 0) is 36.8 Å². The number of nitrogens with one attached hydrogen (secondary N) is 1. The summed E-state index contributed by atoms with van der Waals surface area (Å²) in [6.07, 6.45) is 3.64. The molecule has 2 amide bonds. The van der Waals surface area contributed by atoms with Gasteiger partial charge in [0, 0.05) is 32.9 Å². The van der Waals surface area contributed by atoms with Crippen LogP contribution < -0.4 is 15.0 Å². The van der Waals surface area contributed by atoms with Gasteiger partial charge in [0.15, 0.2) is 0 Å². The summed E-state index contributed by atoms with van der Waals surface area (Å²) in [5.41, 5.74) is 3.06. The quantitative estimate of drug-likeness (QED) is 0.896. The molecule has 3 rings (SSSR count). The number of rotatable bonds is 4. The summed E-state index contributed by atoms with van der Waals surface area (Å²) in [7, 11) is 5.35. The first-order valence-electron chi connectivity index (χ1n) is 8.78. The van der Waals surface area contributed by atoms with E-state index in [4.69, 9.17) is 4.74 Å². The molecular formula is C20H24N4O3. The van der Waals surface area contributed by atoms with Crippen LogP contribution in [0.4, 0.5) is 11.4 Å². The second-order valence-electron chi connectivity index (χ2n) is 6.96. The molecule has 27 heavy (non-hydrogen) atoms. The van der Waals surface area contributed by atoms with Crippen LogP contribution in [0.15, 0.2) is 36.7 Å². The molecule has 1 aromatic carbocycles. The van der Waals surface area contributed by atoms with Gasteiger partial charge in [-0.15, -0.1) is 0 Å². The van der Waals surface area contributed by atoms with Crippen molar-refractivity contribution in [1.29, 1.82) is 0 Å². The molecule has 1 unspecified atom stereocenters. The van der Waals surface area contributed by atoms with Gasteiger partial charge >= 0.3 is 0 Å². The Bertz CT molecular complexity index is 866. The van der Waals surface area contributed by atoms with Crippen molar-refractivity contribution in [3.63, 3.8) is 0 Å². The minimum absolute atomic E-state index is 0.0713. The Morgan fingerprint density at radius 3 is 2.78 bits per heavy atom. The maximum Gasteiger partial charge on any atom is 0.253 e. The Morgan fingerprint density at radius 1 is 1.30 bits per heavy atom. The van der Waals surface area contributed by atoms with E-state index in [9.17, 15) is 9.59 Å². The fourth-order valence-corrected chi connectivity index (χ4v) is 3.05. The van der Waals surface area contributed by atoms with Crippen molar-refractivity contribution in [3.8, 4) is 5.75 Å². The van der Waals surface area contributed by atoms with Gasteiger partial charge in [-0.1, -0.05) is 0 Å². The van der Waals surface area contributed by atoms with Crippen molar-refractivity contribution in [2.24, 2.45) is 0 Å². The number of amides is 2. The summed E-state index contributed by atoms with van der Waals surface area (Å²) in [6.45, 7) is 2.33. The van der Waals surface area contributed by atoms with Crippen LogP contribution in [-0.2, 0) is 4.79 Å². The van der Waals surface area contributed by atoms with Crippen molar-refractivity contribution in [2.75, 3.05) is 38.0 Å². The first kappa shape index (κ1) is 18.7. The lowest BCUT2D eigenvalue weighted by Crippen LogP contribution is -2.42. The summed E-state index contributed by atoms with van der Waals surface area (Å²) in [4.78, 5) is 32.3. The molecule has 2 heterocycles. The van der Waals surface area contributed by atoms with Gasteiger partial charge in [0.05, 0.1) is 30.0 Å². The summed E-state index contributed by atoms with van der Waals surface area (Å²) in [5, 5.41) is 2.87. The molecule has 0 saturated carbocycles. The van der Waals surface area contributed by atoms with Gasteiger partial charge in [-0.25, -0.2) is 0 Å². The lowest BCUT2D eigenvalue weighted by Gasteiger charge is -2.35. The lowest BCUT2D eigenvalue weighted by molar-refractivity contribution is -0.116. The number of aromatic nitrogens is 1. The average molecular weight is 368 g/mol. The summed E-state index contributed by atoms with van der Waals surface area (Å²) < 4.78 is 5.81. The lowest BCUT2D eigenvalue weighted by atomic mass is 10.1. The van der Waals surface area contributed by atoms with Crippen molar-refractivity contribution in [3.05, 3.63) is 47.8 Å². The molecule has 0 spiro atoms. The maximum atomic E-state index is 12.4. The van der Waals surface area contributed by atoms with E-state index in [1.54, 1.807) is 38.6 Å². The normalized spacial score (nSPS) is 15.6. The largest absolute Gasteiger partial charge is 0.489 e. The Kier molecular flexibility index (Phi) is 5.30. The molecule has 1 atom stereocenters. The SMILES string of the molecule is Cc1cncc(NC(=O)CC2COc3ccc(C(=O)N(C)C)cc3N2C)c1. The van der Waals surface area contributed by atoms with Gasteiger partial charge in [-0.2, -0.15) is 0 Å². The zero-order chi connectivity index (χ0) is 19.6. The molecule has 1 aliphatic rings. The molecule has 7 heteroatoms. The van der Waals surface area contributed by atoms with Crippen LogP contribution in [0.1, 0.15) is 22.3 Å². The highest BCUT2D eigenvalue weighted by molar-refractivity contribution is 5.95. The van der Waals surface area contributed by atoms with Crippen LogP contribution in [-0.4, -0.2) is 55.5 Å². The highest BCUT2D eigenvalue weighted by Gasteiger charge is 2.28. The first-order chi connectivity index (χ1) is 12.8. The second kappa shape index (κ2) is 7.65. The fourth-order valence-electron chi connectivity index (χ4n) is 3.05. The van der Waals surface area contributed by atoms with Gasteiger partial charge in [0.25, 0.3) is 5.91 Å². The highest BCUT2D eigenvalue weighted by atomic mass is 16.5. The molecule has 0 saturated heterocycles. The molecule has 2 aromatic rings. The van der Waals surface area contributed by atoms with E-state index in [1.807, 2.05) is 31.0 Å². The third kappa shape index (κ3) is 4.19. The smallest absolute Gasteiger partial charge is 0.253 e. The van der Waals surface area contributed by atoms with E-state index in [1.165, 1.54) is 4.90 Å². The number of ether oxygens (including phenoxy) is 1. The molecule has 1 N–H and O–H groups in total. The Hall–Kier alpha value is -3.09. The predicted molar refractivity (Wildman–Crippen MR) is 104 cm³/mol. The van der Waals surface area contributed by atoms with E-state index < -0.39 is 0 Å². The molecular weight excluding hydrogens is 344 g/mol. The van der Waals surface area contributed by atoms with E-state index >= 15 is 0 Å². The van der Waals surface area contributed by atoms with Crippen LogP contribution in [0, 0.1) is 6.92 Å². The zero-order valence-corrected chi connectivity index (χ0v) is 16.0. The standard InChI is InChI=1S/C20H24N4O3/c1-13-7-15(11-21-10-13)22-19(25)9-16-12-27-18-6-5-14(20(26)23(2)3)8-17(18)24(16)4/h5-8,10-11,16H,9,12H2,1-4H3,(H,22,25). The van der Waals surface area contributed by atoms with E-state index in [-0.39, 0.29) is 24.3 Å². The monoisotopic (exact) mass is 368 g/mol. The van der Waals surface area contributed by atoms with Crippen LogP contribution in [0.3, 0.4) is 0 Å². The molecule has 142 valence electrons. The van der Waals surface area contributed by atoms with E-state index in [2.05, 4.69) is 10.3 Å². The number of carbonyl (C=O) groups excluding carboxylic acids is 2. The number of hydrogen-bond acceptors (Lipinski definition) is 5. The van der Waals surface area contributed by atoms with Crippen molar-refractivity contribution in [1.82, 2.24) is 9.88 Å². The summed E-state index contributed by atoms with van der Waals surface area (Å²) in [6, 6.07) is 7.12. The number of pyridine rings is 1. The maximum absolute atomic E-state index is 12.4. The minimum atomic E-state index is -0.125. The number of anilines is 2. The predicted octanol–water partition coefficient (Wildman–Crippen LogP) is 2.32. The second-order valence-corrected chi connectivity index (χ2v) is 6.96. The van der Waals surface area contributed by atoms with Crippen LogP contribution in [0.5, 0.6) is 5.75 Å². The number of benzene rings is 1. The molecule has 1 aliphatic heterocycles. The Labute approximate surface area is 158 Å². The van der Waals surface area contributed by atoms with Gasteiger partial charge in [-0.3, -0.25) is 14.6 Å². The summed E-state index contributed by atoms with van der Waals surface area (Å²) in [5.74, 6) is 0.539. The van der Waals surface area contributed by atoms with Crippen molar-refractivity contribution in [2.45, 2.75) is 19.4 Å². The fraction of sp³-hybridized carbons (Fsp3) is 0.350. The molecule has 7 nitrogen and oxygen atoms in total. The van der Waals surface area contributed by atoms with E-state index in [0.29, 0.717) is 23.6 Å². The number of nitrogens with zero attached hydrogens (tertiary/aromatic N) is 3. The third-order valence-electron chi connectivity index (χ3n) is 4.55. The van der Waals surface area contributed by atoms with Crippen molar-refractivity contribution >= 4 is 23.2 Å². The molecule has 0 fully saturated rings. The van der Waals surface area contributed by atoms with Crippen LogP contribution in [0.25, 0.3) is 0 Å². The van der Waals surface area contributed by atoms with Gasteiger partial charge in [0.1, 0.15) is 12.4 Å². The number of fused-ring (bicyclic) bond motifs is 1. The number of hydrogen-bond donors (Lipinski definition) is 1. The average Bonchev–Trinajstić information content (AvgIpc) is 2.63. The third-order valence-corrected chi connectivity index (χ3v) is 4.55. The van der Waals surface area contributed by atoms with Gasteiger partial charge < -0.3 is 19.9 Å². The molecule has 0 bridgehead atoms. The van der Waals surface area contributed by atoms with E-state index in [0.717, 1.165) is 11.3 Å². The number of aryl methyl sites for hydroxylation is 1. The number of carbonyl (C=O) groups is 2. The Morgan fingerprint density at radius 2 is 2.07 bits per heavy atom. The molecule has 0 aliphatic carbocycles. The van der Waals surface area contributed by atoms with Gasteiger partial charge in [0.2, 0.25) is 5.91 Å². The molecule has 0 radical (unpaired) electrons. The topological polar surface area (TPSA) is 74.8 Å². The first-order valence-corrected chi connectivity index (χ1v) is 8.78. The van der Waals surface area contributed by atoms with Crippen molar-refractivity contribution < 1.29 is 14.3 Å². The van der Waals surface area contributed by atoms with Crippen LogP contribution in [0.2, 0.25) is 0 Å². The highest BCUT2D eigenvalue weighted by Crippen LogP contribution is 2.34. The minimum Gasteiger partial charge on any atom is -0.489 e. The van der Waals surface area contributed by atoms with Crippen LogP contribution >= 0.6 is 0 Å². The Balaban J connectivity index is 1.72. The number of likely N-dealkylation sites (N-methyl/N-ethyl adjacent to an activating group) is 1. The molecule has 1 aromatic heterocycles.